The van der Waals surface area contributed by atoms with Crippen molar-refractivity contribution in [2.75, 3.05) is 24.2 Å². The van der Waals surface area contributed by atoms with Crippen LogP contribution in [0.1, 0.15) is 29.3 Å². The van der Waals surface area contributed by atoms with Gasteiger partial charge in [-0.1, -0.05) is 0 Å². The molecule has 2 aliphatic heterocycles. The minimum absolute atomic E-state index is 0.0411. The number of anilines is 1. The van der Waals surface area contributed by atoms with Gasteiger partial charge in [-0.25, -0.2) is 13.4 Å². The molecular formula is C24H24N6O3S. The summed E-state index contributed by atoms with van der Waals surface area (Å²) in [7, 11) is -3.29. The molecule has 1 N–H and O–H groups in total. The molecule has 10 heteroatoms. The average molecular weight is 477 g/mol. The molecule has 0 atom stereocenters. The smallest absolute Gasteiger partial charge is 0.213 e. The number of benzene rings is 1. The third-order valence-corrected chi connectivity index (χ3v) is 7.67. The summed E-state index contributed by atoms with van der Waals surface area (Å²) in [6.07, 6.45) is 13.7. The van der Waals surface area contributed by atoms with Crippen LogP contribution in [0.3, 0.4) is 0 Å². The lowest BCUT2D eigenvalue weighted by molar-refractivity contribution is 0.0723. The van der Waals surface area contributed by atoms with Crippen LogP contribution in [-0.2, 0) is 15.6 Å². The Bertz CT molecular complexity index is 1350. The Labute approximate surface area is 198 Å². The van der Waals surface area contributed by atoms with Crippen LogP contribution in [-0.4, -0.2) is 60.2 Å². The molecule has 1 saturated heterocycles. The molecule has 0 radical (unpaired) electrons. The fraction of sp³-hybridized carbons (Fsp3) is 0.250. The lowest BCUT2D eigenvalue weighted by Gasteiger charge is -2.48. The first-order chi connectivity index (χ1) is 16.4. The summed E-state index contributed by atoms with van der Waals surface area (Å²) in [6.45, 7) is 5.89. The Morgan fingerprint density at radius 3 is 2.71 bits per heavy atom. The zero-order chi connectivity index (χ0) is 24.3. The molecule has 3 heterocycles. The van der Waals surface area contributed by atoms with Crippen LogP contribution in [0.4, 0.5) is 5.69 Å². The Balaban J connectivity index is 1.61. The second-order valence-electron chi connectivity index (χ2n) is 8.03. The maximum atomic E-state index is 12.2. The number of rotatable bonds is 8. The Morgan fingerprint density at radius 2 is 2.09 bits per heavy atom. The van der Waals surface area contributed by atoms with Crippen molar-refractivity contribution >= 4 is 40.2 Å². The molecule has 0 saturated carbocycles. The second kappa shape index (κ2) is 9.21. The van der Waals surface area contributed by atoms with Gasteiger partial charge in [0.25, 0.3) is 0 Å². The second-order valence-corrected chi connectivity index (χ2v) is 10.3. The first kappa shape index (κ1) is 23.4. The van der Waals surface area contributed by atoms with Gasteiger partial charge < -0.3 is 5.32 Å². The number of carbonyl (C=O) groups excluding carboxylic acids is 1. The summed E-state index contributed by atoms with van der Waals surface area (Å²) >= 11 is 0. The summed E-state index contributed by atoms with van der Waals surface area (Å²) in [5, 5.41) is 7.73. The molecule has 9 nitrogen and oxygen atoms in total. The maximum absolute atomic E-state index is 12.2. The van der Waals surface area contributed by atoms with Crippen LogP contribution in [0.25, 0.3) is 5.70 Å². The highest BCUT2D eigenvalue weighted by molar-refractivity contribution is 7.89. The summed E-state index contributed by atoms with van der Waals surface area (Å²) in [5.74, 6) is 3.28. The summed E-state index contributed by atoms with van der Waals surface area (Å²) in [4.78, 5) is 19.5. The predicted molar refractivity (Wildman–Crippen MR) is 133 cm³/mol. The molecule has 0 spiro atoms. The molecule has 0 aliphatic carbocycles. The zero-order valence-corrected chi connectivity index (χ0v) is 19.5. The minimum atomic E-state index is -3.29. The van der Waals surface area contributed by atoms with Crippen molar-refractivity contribution in [3.05, 3.63) is 65.6 Å². The fourth-order valence-electron chi connectivity index (χ4n) is 3.96. The Morgan fingerprint density at radius 1 is 1.35 bits per heavy atom. The number of carbonyl (C=O) groups is 1. The Hall–Kier alpha value is -3.81. The summed E-state index contributed by atoms with van der Waals surface area (Å²) in [6, 6.07) is 7.00. The predicted octanol–water partition coefficient (Wildman–Crippen LogP) is 2.53. The number of amidine groups is 1. The van der Waals surface area contributed by atoms with Gasteiger partial charge in [-0.05, 0) is 44.0 Å². The molecule has 0 unspecified atom stereocenters. The van der Waals surface area contributed by atoms with Crippen molar-refractivity contribution in [2.45, 2.75) is 18.9 Å². The van der Waals surface area contributed by atoms with Crippen molar-refractivity contribution in [1.29, 1.82) is 0 Å². The maximum Gasteiger partial charge on any atom is 0.213 e. The third-order valence-electron chi connectivity index (χ3n) is 5.90. The molecule has 2 aromatic rings. The van der Waals surface area contributed by atoms with E-state index in [1.165, 1.54) is 4.31 Å². The van der Waals surface area contributed by atoms with E-state index in [0.29, 0.717) is 29.1 Å². The Kier molecular flexibility index (Phi) is 6.32. The van der Waals surface area contributed by atoms with E-state index in [9.17, 15) is 13.2 Å². The third kappa shape index (κ3) is 4.23. The van der Waals surface area contributed by atoms with E-state index in [1.807, 2.05) is 12.3 Å². The van der Waals surface area contributed by atoms with Gasteiger partial charge in [-0.2, -0.15) is 9.40 Å². The van der Waals surface area contributed by atoms with E-state index < -0.39 is 15.6 Å². The van der Waals surface area contributed by atoms with Crippen molar-refractivity contribution < 1.29 is 13.2 Å². The monoisotopic (exact) mass is 476 g/mol. The topological polar surface area (TPSA) is 109 Å². The molecule has 4 rings (SSSR count). The van der Waals surface area contributed by atoms with Gasteiger partial charge in [0.1, 0.15) is 17.7 Å². The van der Waals surface area contributed by atoms with E-state index >= 15 is 0 Å². The number of aliphatic imine (C=N–C) groups is 2. The fourth-order valence-corrected chi connectivity index (χ4v) is 5.20. The quantitative estimate of drug-likeness (QED) is 0.358. The van der Waals surface area contributed by atoms with Gasteiger partial charge >= 0.3 is 0 Å². The minimum Gasteiger partial charge on any atom is -0.340 e. The van der Waals surface area contributed by atoms with Crippen LogP contribution in [0.2, 0.25) is 0 Å². The highest BCUT2D eigenvalue weighted by Crippen LogP contribution is 2.35. The number of sulfonamides is 1. The zero-order valence-electron chi connectivity index (χ0n) is 18.7. The van der Waals surface area contributed by atoms with Gasteiger partial charge in [0.15, 0.2) is 0 Å². The van der Waals surface area contributed by atoms with Gasteiger partial charge in [0.05, 0.1) is 17.6 Å². The van der Waals surface area contributed by atoms with Gasteiger partial charge in [-0.3, -0.25) is 14.5 Å². The lowest BCUT2D eigenvalue weighted by atomic mass is 9.89. The molecule has 34 heavy (non-hydrogen) atoms. The number of aromatic nitrogens is 2. The number of aldehydes is 1. The molecule has 1 aromatic carbocycles. The average Bonchev–Trinajstić information content (AvgIpc) is 3.48. The lowest BCUT2D eigenvalue weighted by Crippen LogP contribution is -2.64. The molecule has 1 aromatic heterocycles. The number of hydrogen-bond donors (Lipinski definition) is 1. The van der Waals surface area contributed by atoms with Crippen LogP contribution >= 0.6 is 0 Å². The van der Waals surface area contributed by atoms with E-state index in [1.54, 1.807) is 48.3 Å². The van der Waals surface area contributed by atoms with Crippen LogP contribution in [0, 0.1) is 12.3 Å². The molecule has 2 aliphatic rings. The molecular weight excluding hydrogens is 452 g/mol. The normalized spacial score (nSPS) is 18.5. The van der Waals surface area contributed by atoms with Crippen LogP contribution in [0.15, 0.2) is 64.5 Å². The SMILES string of the molecule is C#CCC1(n2cc(/C(N=C)=C3\C=CN=C3Nc3ccc(C=O)cc3)cn2)CN(S(=O)(=O)CC)C1. The number of nitrogens with zero attached hydrogens (tertiary/aromatic N) is 5. The van der Waals surface area contributed by atoms with Crippen molar-refractivity contribution in [3.63, 3.8) is 0 Å². The number of nitrogens with one attached hydrogen (secondary N) is 1. The molecule has 0 amide bonds. The van der Waals surface area contributed by atoms with Crippen LogP contribution < -0.4 is 5.32 Å². The van der Waals surface area contributed by atoms with Crippen molar-refractivity contribution in [3.8, 4) is 12.3 Å². The summed E-state index contributed by atoms with van der Waals surface area (Å²) < 4.78 is 27.6. The van der Waals surface area contributed by atoms with E-state index in [-0.39, 0.29) is 18.8 Å². The van der Waals surface area contributed by atoms with Gasteiger partial charge in [0.2, 0.25) is 10.0 Å². The highest BCUT2D eigenvalue weighted by Gasteiger charge is 2.49. The van der Waals surface area contributed by atoms with Gasteiger partial charge in [0, 0.05) is 54.3 Å². The molecule has 0 bridgehead atoms. The standard InChI is InChI=1S/C24H24N6O3S/c1-4-11-24(16-29(17-24)34(32,33)5-2)30-14-19(13-27-30)22(25-3)21-10-12-26-23(21)28-20-8-6-18(15-31)7-9-20/h1,6-10,12-15H,3,5,11,16-17H2,2H3,(H,26,28)/b22-21-. The molecule has 174 valence electrons. The van der Waals surface area contributed by atoms with Crippen molar-refractivity contribution in [1.82, 2.24) is 14.1 Å². The van der Waals surface area contributed by atoms with E-state index in [0.717, 1.165) is 17.5 Å². The first-order valence-corrected chi connectivity index (χ1v) is 12.2. The molecule has 1 fully saturated rings. The number of terminal acetylenes is 1. The van der Waals surface area contributed by atoms with Crippen molar-refractivity contribution in [2.24, 2.45) is 9.98 Å². The van der Waals surface area contributed by atoms with Crippen LogP contribution in [0.5, 0.6) is 0 Å². The van der Waals surface area contributed by atoms with E-state index in [2.05, 4.69) is 33.0 Å². The number of hydrogen-bond acceptors (Lipinski definition) is 7. The van der Waals surface area contributed by atoms with E-state index in [4.69, 9.17) is 6.42 Å². The largest absolute Gasteiger partial charge is 0.340 e. The van der Waals surface area contributed by atoms with Gasteiger partial charge in [-0.15, -0.1) is 12.3 Å². The summed E-state index contributed by atoms with van der Waals surface area (Å²) in [5.41, 5.74) is 2.75. The first-order valence-electron chi connectivity index (χ1n) is 10.6. The highest BCUT2D eigenvalue weighted by atomic mass is 32.2.